The third-order valence-electron chi connectivity index (χ3n) is 3.08. The van der Waals surface area contributed by atoms with Crippen LogP contribution in [-0.2, 0) is 0 Å². The van der Waals surface area contributed by atoms with Crippen molar-refractivity contribution in [1.29, 1.82) is 5.41 Å². The maximum Gasteiger partial charge on any atom is 0.160 e. The second-order valence-electron chi connectivity index (χ2n) is 5.18. The van der Waals surface area contributed by atoms with Crippen molar-refractivity contribution in [3.05, 3.63) is 47.5 Å². The number of hydrogen-bond acceptors (Lipinski definition) is 4. The molecule has 4 nitrogen and oxygen atoms in total. The van der Waals surface area contributed by atoms with Crippen LogP contribution >= 0.6 is 0 Å². The first-order valence-electron chi connectivity index (χ1n) is 6.91. The highest BCUT2D eigenvalue weighted by molar-refractivity contribution is 6.05. The van der Waals surface area contributed by atoms with E-state index < -0.39 is 0 Å². The average molecular weight is 281 g/mol. The Morgan fingerprint density at radius 2 is 1.95 bits per heavy atom. The number of Topliss-reactive ketones (excluding diaryl/α,β-unsaturated/α-hetero) is 1. The Bertz CT molecular complexity index is 663. The summed E-state index contributed by atoms with van der Waals surface area (Å²) in [5.41, 5.74) is 2.73. The summed E-state index contributed by atoms with van der Waals surface area (Å²) in [6.07, 6.45) is 1.18. The zero-order valence-corrected chi connectivity index (χ0v) is 12.5. The Morgan fingerprint density at radius 1 is 1.29 bits per heavy atom. The van der Waals surface area contributed by atoms with E-state index in [0.29, 0.717) is 16.9 Å². The summed E-state index contributed by atoms with van der Waals surface area (Å²) in [7, 11) is 0. The zero-order valence-electron chi connectivity index (χ0n) is 12.5. The van der Waals surface area contributed by atoms with Crippen molar-refractivity contribution in [1.82, 2.24) is 4.98 Å². The van der Waals surface area contributed by atoms with Crippen molar-refractivity contribution in [2.75, 3.05) is 5.32 Å². The molecule has 0 atom stereocenters. The molecule has 0 amide bonds. The molecule has 0 fully saturated rings. The molecule has 2 aromatic rings. The molecule has 0 unspecified atom stereocenters. The number of anilines is 1. The molecular formula is C17H19N3O. The van der Waals surface area contributed by atoms with Crippen molar-refractivity contribution >= 4 is 17.8 Å². The van der Waals surface area contributed by atoms with Crippen molar-refractivity contribution in [2.24, 2.45) is 0 Å². The lowest BCUT2D eigenvalue weighted by atomic mass is 10.0. The zero-order chi connectivity index (χ0) is 15.4. The number of aromatic nitrogens is 1. The van der Waals surface area contributed by atoms with Crippen LogP contribution in [0.3, 0.4) is 0 Å². The molecule has 4 heteroatoms. The van der Waals surface area contributed by atoms with Gasteiger partial charge in [0.2, 0.25) is 0 Å². The third-order valence-corrected chi connectivity index (χ3v) is 3.08. The maximum atomic E-state index is 11.9. The Balaban J connectivity index is 2.65. The van der Waals surface area contributed by atoms with Gasteiger partial charge < -0.3 is 10.7 Å². The predicted molar refractivity (Wildman–Crippen MR) is 86.3 cm³/mol. The Hall–Kier alpha value is -2.49. The number of nitrogens with zero attached hydrogens (tertiary/aromatic N) is 1. The van der Waals surface area contributed by atoms with Gasteiger partial charge in [-0.25, -0.2) is 4.98 Å². The van der Waals surface area contributed by atoms with Crippen LogP contribution in [0.2, 0.25) is 0 Å². The lowest BCUT2D eigenvalue weighted by Crippen LogP contribution is -2.15. The highest BCUT2D eigenvalue weighted by atomic mass is 16.1. The van der Waals surface area contributed by atoms with E-state index in [1.165, 1.54) is 13.1 Å². The molecule has 0 saturated carbocycles. The first-order valence-corrected chi connectivity index (χ1v) is 6.91. The van der Waals surface area contributed by atoms with Gasteiger partial charge in [0.15, 0.2) is 5.78 Å². The van der Waals surface area contributed by atoms with E-state index >= 15 is 0 Å². The summed E-state index contributed by atoms with van der Waals surface area (Å²) >= 11 is 0. The molecule has 1 aromatic carbocycles. The minimum atomic E-state index is -0.0695. The molecule has 2 N–H and O–H groups in total. The van der Waals surface area contributed by atoms with Gasteiger partial charge >= 0.3 is 0 Å². The van der Waals surface area contributed by atoms with Gasteiger partial charge in [-0.1, -0.05) is 30.3 Å². The fraction of sp³-hybridized carbons (Fsp3) is 0.235. The number of nitrogens with one attached hydrogen (secondary N) is 2. The lowest BCUT2D eigenvalue weighted by molar-refractivity contribution is 0.101. The van der Waals surface area contributed by atoms with Crippen LogP contribution in [0, 0.1) is 5.41 Å². The smallest absolute Gasteiger partial charge is 0.160 e. The fourth-order valence-electron chi connectivity index (χ4n) is 2.13. The molecule has 0 radical (unpaired) electrons. The van der Waals surface area contributed by atoms with Crippen LogP contribution < -0.4 is 5.32 Å². The highest BCUT2D eigenvalue weighted by Gasteiger charge is 2.15. The molecular weight excluding hydrogens is 262 g/mol. The van der Waals surface area contributed by atoms with E-state index in [4.69, 9.17) is 5.41 Å². The van der Waals surface area contributed by atoms with Gasteiger partial charge in [0.25, 0.3) is 0 Å². The van der Waals surface area contributed by atoms with Gasteiger partial charge in [-0.2, -0.15) is 0 Å². The van der Waals surface area contributed by atoms with Gasteiger partial charge in [-0.15, -0.1) is 0 Å². The van der Waals surface area contributed by atoms with E-state index in [-0.39, 0.29) is 11.8 Å². The van der Waals surface area contributed by atoms with E-state index in [2.05, 4.69) is 10.3 Å². The SMILES string of the molecule is CC(=O)c1cc(-c2ccccc2)nc(NC(C)C)c1C=N. The summed E-state index contributed by atoms with van der Waals surface area (Å²) in [4.78, 5) is 16.5. The van der Waals surface area contributed by atoms with Crippen LogP contribution in [0.4, 0.5) is 5.82 Å². The number of carbonyl (C=O) groups excluding carboxylic acids is 1. The highest BCUT2D eigenvalue weighted by Crippen LogP contribution is 2.25. The van der Waals surface area contributed by atoms with Gasteiger partial charge in [-0.3, -0.25) is 4.79 Å². The van der Waals surface area contributed by atoms with Gasteiger partial charge in [-0.05, 0) is 26.8 Å². The number of carbonyl (C=O) groups is 1. The molecule has 108 valence electrons. The largest absolute Gasteiger partial charge is 0.367 e. The normalized spacial score (nSPS) is 10.5. The monoisotopic (exact) mass is 281 g/mol. The van der Waals surface area contributed by atoms with E-state index in [0.717, 1.165) is 11.3 Å². The van der Waals surface area contributed by atoms with Gasteiger partial charge in [0, 0.05) is 28.9 Å². The Labute approximate surface area is 124 Å². The summed E-state index contributed by atoms with van der Waals surface area (Å²) in [5.74, 6) is 0.506. The molecule has 0 spiro atoms. The molecule has 0 aliphatic carbocycles. The van der Waals surface area contributed by atoms with Gasteiger partial charge in [0.05, 0.1) is 5.69 Å². The molecule has 1 aromatic heterocycles. The summed E-state index contributed by atoms with van der Waals surface area (Å²) in [5, 5.41) is 10.8. The number of pyridine rings is 1. The number of benzene rings is 1. The van der Waals surface area contributed by atoms with Crippen LogP contribution in [0.15, 0.2) is 36.4 Å². The molecule has 0 saturated heterocycles. The van der Waals surface area contributed by atoms with Crippen LogP contribution in [0.5, 0.6) is 0 Å². The van der Waals surface area contributed by atoms with Crippen molar-refractivity contribution in [2.45, 2.75) is 26.8 Å². The summed E-state index contributed by atoms with van der Waals surface area (Å²) in [6, 6.07) is 11.6. The first kappa shape index (κ1) is 14.9. The maximum absolute atomic E-state index is 11.9. The second-order valence-corrected chi connectivity index (χ2v) is 5.18. The minimum absolute atomic E-state index is 0.0695. The Kier molecular flexibility index (Phi) is 4.48. The lowest BCUT2D eigenvalue weighted by Gasteiger charge is -2.16. The van der Waals surface area contributed by atoms with Crippen molar-refractivity contribution in [3.63, 3.8) is 0 Å². The van der Waals surface area contributed by atoms with E-state index in [1.807, 2.05) is 44.2 Å². The molecule has 2 rings (SSSR count). The van der Waals surface area contributed by atoms with Crippen molar-refractivity contribution in [3.8, 4) is 11.3 Å². The van der Waals surface area contributed by atoms with Gasteiger partial charge in [0.1, 0.15) is 5.82 Å². The summed E-state index contributed by atoms with van der Waals surface area (Å²) < 4.78 is 0. The second kappa shape index (κ2) is 6.31. The molecule has 0 aliphatic rings. The minimum Gasteiger partial charge on any atom is -0.367 e. The third kappa shape index (κ3) is 3.34. The Morgan fingerprint density at radius 3 is 2.48 bits per heavy atom. The van der Waals surface area contributed by atoms with Crippen LogP contribution in [0.1, 0.15) is 36.7 Å². The molecule has 0 bridgehead atoms. The molecule has 0 aliphatic heterocycles. The van der Waals surface area contributed by atoms with Crippen LogP contribution in [-0.4, -0.2) is 23.0 Å². The standard InChI is InChI=1S/C17H19N3O/c1-11(2)19-17-15(10-18)14(12(3)21)9-16(20-17)13-7-5-4-6-8-13/h4-11,18H,1-3H3,(H,19,20). The topological polar surface area (TPSA) is 65.8 Å². The first-order chi connectivity index (χ1) is 10.0. The molecule has 1 heterocycles. The fourth-order valence-corrected chi connectivity index (χ4v) is 2.13. The van der Waals surface area contributed by atoms with Crippen LogP contribution in [0.25, 0.3) is 11.3 Å². The van der Waals surface area contributed by atoms with E-state index in [9.17, 15) is 4.79 Å². The number of hydrogen-bond donors (Lipinski definition) is 2. The average Bonchev–Trinajstić information content (AvgIpc) is 2.46. The van der Waals surface area contributed by atoms with E-state index in [1.54, 1.807) is 6.07 Å². The number of rotatable bonds is 5. The predicted octanol–water partition coefficient (Wildman–Crippen LogP) is 3.77. The molecule has 21 heavy (non-hydrogen) atoms. The van der Waals surface area contributed by atoms with Crippen molar-refractivity contribution < 1.29 is 4.79 Å². The number of ketones is 1. The summed E-state index contributed by atoms with van der Waals surface area (Å²) in [6.45, 7) is 5.51. The quantitative estimate of drug-likeness (QED) is 0.647.